The molecule has 1 N–H and O–H groups in total. The molecule has 14 heavy (non-hydrogen) atoms. The van der Waals surface area contributed by atoms with Gasteiger partial charge in [0.2, 0.25) is 0 Å². The second-order valence-corrected chi connectivity index (χ2v) is 3.41. The first-order valence-corrected chi connectivity index (χ1v) is 4.41. The van der Waals surface area contributed by atoms with Crippen molar-refractivity contribution in [3.8, 4) is 0 Å². The number of carbonyl (C=O) groups is 1. The fourth-order valence-corrected chi connectivity index (χ4v) is 1.11. The van der Waals surface area contributed by atoms with Crippen LogP contribution in [0.2, 0.25) is 0 Å². The molecule has 1 aromatic heterocycles. The van der Waals surface area contributed by atoms with E-state index in [-0.39, 0.29) is 5.56 Å². The Bertz CT molecular complexity index is 373. The minimum Gasteiger partial charge on any atom is -0.478 e. The molecular formula is C10H14N2O2. The van der Waals surface area contributed by atoms with Gasteiger partial charge < -0.3 is 5.11 Å². The molecule has 0 spiro atoms. The van der Waals surface area contributed by atoms with Crippen molar-refractivity contribution in [2.45, 2.75) is 27.3 Å². The second kappa shape index (κ2) is 4.09. The van der Waals surface area contributed by atoms with Crippen molar-refractivity contribution in [3.63, 3.8) is 0 Å². The van der Waals surface area contributed by atoms with E-state index in [4.69, 9.17) is 5.11 Å². The Morgan fingerprint density at radius 2 is 2.29 bits per heavy atom. The van der Waals surface area contributed by atoms with Crippen LogP contribution in [0.4, 0.5) is 0 Å². The Labute approximate surface area is 82.9 Å². The van der Waals surface area contributed by atoms with E-state index in [0.29, 0.717) is 12.2 Å². The molecule has 0 unspecified atom stereocenters. The van der Waals surface area contributed by atoms with Gasteiger partial charge in [-0.15, -0.1) is 0 Å². The molecule has 0 saturated heterocycles. The number of rotatable bonds is 3. The summed E-state index contributed by atoms with van der Waals surface area (Å²) in [5.41, 5.74) is 2.15. The van der Waals surface area contributed by atoms with Crippen molar-refractivity contribution in [2.24, 2.45) is 0 Å². The molecule has 1 aromatic rings. The molecule has 0 atom stereocenters. The lowest BCUT2D eigenvalue weighted by molar-refractivity contribution is 0.0696. The summed E-state index contributed by atoms with van der Waals surface area (Å²) in [6, 6.07) is 0. The Morgan fingerprint density at radius 1 is 1.64 bits per heavy atom. The summed E-state index contributed by atoms with van der Waals surface area (Å²) >= 11 is 0. The SMILES string of the molecule is CC(C)=CCn1ncc(C(=O)O)c1C. The van der Waals surface area contributed by atoms with Crippen LogP contribution in [0.3, 0.4) is 0 Å². The number of hydrogen-bond acceptors (Lipinski definition) is 2. The van der Waals surface area contributed by atoms with E-state index < -0.39 is 5.97 Å². The summed E-state index contributed by atoms with van der Waals surface area (Å²) in [5, 5.41) is 12.8. The van der Waals surface area contributed by atoms with Gasteiger partial charge in [-0.05, 0) is 20.8 Å². The van der Waals surface area contributed by atoms with Crippen LogP contribution >= 0.6 is 0 Å². The zero-order valence-electron chi connectivity index (χ0n) is 8.61. The van der Waals surface area contributed by atoms with Crippen LogP contribution in [0.1, 0.15) is 29.9 Å². The third kappa shape index (κ3) is 2.22. The monoisotopic (exact) mass is 194 g/mol. The van der Waals surface area contributed by atoms with Crippen LogP contribution in [0.25, 0.3) is 0 Å². The minimum absolute atomic E-state index is 0.271. The zero-order chi connectivity index (χ0) is 10.7. The number of carboxylic acid groups (broad SMARTS) is 1. The van der Waals surface area contributed by atoms with Gasteiger partial charge >= 0.3 is 5.97 Å². The standard InChI is InChI=1S/C10H14N2O2/c1-7(2)4-5-12-8(3)9(6-11-12)10(13)14/h4,6H,5H2,1-3H3,(H,13,14). The van der Waals surface area contributed by atoms with Gasteiger partial charge in [-0.1, -0.05) is 11.6 Å². The van der Waals surface area contributed by atoms with Crippen LogP contribution in [-0.2, 0) is 6.54 Å². The van der Waals surface area contributed by atoms with Crippen molar-refractivity contribution in [1.29, 1.82) is 0 Å². The van der Waals surface area contributed by atoms with Crippen molar-refractivity contribution in [1.82, 2.24) is 9.78 Å². The van der Waals surface area contributed by atoms with Crippen LogP contribution in [0.5, 0.6) is 0 Å². The molecule has 4 heteroatoms. The van der Waals surface area contributed by atoms with E-state index >= 15 is 0 Å². The predicted molar refractivity (Wildman–Crippen MR) is 53.4 cm³/mol. The maximum Gasteiger partial charge on any atom is 0.339 e. The molecule has 0 radical (unpaired) electrons. The van der Waals surface area contributed by atoms with Crippen molar-refractivity contribution in [3.05, 3.63) is 29.1 Å². The van der Waals surface area contributed by atoms with Gasteiger partial charge in [-0.2, -0.15) is 5.10 Å². The van der Waals surface area contributed by atoms with Gasteiger partial charge in [-0.25, -0.2) is 4.79 Å². The van der Waals surface area contributed by atoms with Crippen molar-refractivity contribution >= 4 is 5.97 Å². The van der Waals surface area contributed by atoms with Gasteiger partial charge in [-0.3, -0.25) is 4.68 Å². The maximum atomic E-state index is 10.7. The summed E-state index contributed by atoms with van der Waals surface area (Å²) in [6.07, 6.45) is 3.39. The van der Waals surface area contributed by atoms with Crippen LogP contribution < -0.4 is 0 Å². The number of hydrogen-bond donors (Lipinski definition) is 1. The predicted octanol–water partition coefficient (Wildman–Crippen LogP) is 1.86. The molecule has 0 fully saturated rings. The molecule has 1 heterocycles. The molecule has 0 aliphatic rings. The zero-order valence-corrected chi connectivity index (χ0v) is 8.61. The average molecular weight is 194 g/mol. The lowest BCUT2D eigenvalue weighted by Gasteiger charge is -2.00. The third-order valence-electron chi connectivity index (χ3n) is 2.01. The van der Waals surface area contributed by atoms with Gasteiger partial charge in [0.25, 0.3) is 0 Å². The topological polar surface area (TPSA) is 55.1 Å². The van der Waals surface area contributed by atoms with Gasteiger partial charge in [0.05, 0.1) is 18.4 Å². The third-order valence-corrected chi connectivity index (χ3v) is 2.01. The highest BCUT2D eigenvalue weighted by molar-refractivity contribution is 5.88. The first kappa shape index (κ1) is 10.5. The maximum absolute atomic E-state index is 10.7. The number of nitrogens with zero attached hydrogens (tertiary/aromatic N) is 2. The Hall–Kier alpha value is -1.58. The number of aromatic carboxylic acids is 1. The summed E-state index contributed by atoms with van der Waals surface area (Å²) in [6.45, 7) is 6.38. The summed E-state index contributed by atoms with van der Waals surface area (Å²) < 4.78 is 1.68. The quantitative estimate of drug-likeness (QED) is 0.747. The summed E-state index contributed by atoms with van der Waals surface area (Å²) in [5.74, 6) is -0.925. The van der Waals surface area contributed by atoms with Gasteiger partial charge in [0.1, 0.15) is 5.56 Å². The molecule has 0 amide bonds. The smallest absolute Gasteiger partial charge is 0.339 e. The molecule has 0 bridgehead atoms. The molecule has 4 nitrogen and oxygen atoms in total. The molecule has 0 aliphatic carbocycles. The lowest BCUT2D eigenvalue weighted by atomic mass is 10.2. The summed E-state index contributed by atoms with van der Waals surface area (Å²) in [7, 11) is 0. The molecule has 0 aromatic carbocycles. The van der Waals surface area contributed by atoms with Crippen molar-refractivity contribution in [2.75, 3.05) is 0 Å². The average Bonchev–Trinajstić information content (AvgIpc) is 2.43. The summed E-state index contributed by atoms with van der Waals surface area (Å²) in [4.78, 5) is 10.7. The van der Waals surface area contributed by atoms with E-state index in [1.54, 1.807) is 11.6 Å². The highest BCUT2D eigenvalue weighted by atomic mass is 16.4. The van der Waals surface area contributed by atoms with E-state index in [1.807, 2.05) is 19.9 Å². The molecule has 76 valence electrons. The van der Waals surface area contributed by atoms with E-state index in [9.17, 15) is 4.79 Å². The Morgan fingerprint density at radius 3 is 2.71 bits per heavy atom. The van der Waals surface area contributed by atoms with E-state index in [0.717, 1.165) is 0 Å². The first-order chi connectivity index (χ1) is 6.52. The van der Waals surface area contributed by atoms with Gasteiger partial charge in [0.15, 0.2) is 0 Å². The largest absolute Gasteiger partial charge is 0.478 e. The van der Waals surface area contributed by atoms with E-state index in [2.05, 4.69) is 5.10 Å². The van der Waals surface area contributed by atoms with Crippen LogP contribution in [-0.4, -0.2) is 20.9 Å². The molecule has 0 saturated carbocycles. The van der Waals surface area contributed by atoms with Gasteiger partial charge in [0, 0.05) is 0 Å². The number of carboxylic acids is 1. The van der Waals surface area contributed by atoms with Crippen LogP contribution in [0, 0.1) is 6.92 Å². The molecule has 1 rings (SSSR count). The Kier molecular flexibility index (Phi) is 3.06. The molecular weight excluding hydrogens is 180 g/mol. The number of aromatic nitrogens is 2. The highest BCUT2D eigenvalue weighted by Gasteiger charge is 2.11. The fourth-order valence-electron chi connectivity index (χ4n) is 1.11. The highest BCUT2D eigenvalue weighted by Crippen LogP contribution is 2.07. The molecule has 0 aliphatic heterocycles. The fraction of sp³-hybridized carbons (Fsp3) is 0.400. The first-order valence-electron chi connectivity index (χ1n) is 4.41. The lowest BCUT2D eigenvalue weighted by Crippen LogP contribution is -2.03. The van der Waals surface area contributed by atoms with E-state index in [1.165, 1.54) is 11.8 Å². The minimum atomic E-state index is -0.925. The second-order valence-electron chi connectivity index (χ2n) is 3.41. The number of allylic oxidation sites excluding steroid dienone is 2. The van der Waals surface area contributed by atoms with Crippen molar-refractivity contribution < 1.29 is 9.90 Å². The normalized spacial score (nSPS) is 9.93. The van der Waals surface area contributed by atoms with Crippen LogP contribution in [0.15, 0.2) is 17.8 Å². The Balaban J connectivity index is 2.90.